The fourth-order valence-electron chi connectivity index (χ4n) is 7.48. The molecule has 79 heavy (non-hydrogen) atoms. The van der Waals surface area contributed by atoms with Crippen LogP contribution in [0.15, 0.2) is 249 Å². The third-order valence-corrected chi connectivity index (χ3v) is 12.0. The minimum atomic E-state index is -0.457. The monoisotopic (exact) mass is 1130 g/mol. The van der Waals surface area contributed by atoms with Gasteiger partial charge in [-0.15, -0.1) is 0 Å². The standard InChI is InChI=1S/2C23H20O2S.C23H18O2.2Ar/c2*24-23(16-17-26)25-22-14-10-19(11-15-22)7-6-18-8-12-21(13-9-18)20-4-2-1-3-5-20;1-2-23(24)25-22-16-12-19(13-17-22)9-8-18-10-14-21(15-11-18)20-6-4-3-5-7-20;;/h2*1-15,26H,16-17H2;2-17H,1H2;;/b7-6+;7-6-;9-8-;;. The Kier molecular flexibility index (Phi) is 28.3. The van der Waals surface area contributed by atoms with Crippen molar-refractivity contribution >= 4 is 79.6 Å². The minimum absolute atomic E-state index is 0. The van der Waals surface area contributed by atoms with Crippen molar-refractivity contribution < 1.29 is 104 Å². The normalized spacial score (nSPS) is 10.5. The van der Waals surface area contributed by atoms with E-state index in [2.05, 4.69) is 159 Å². The van der Waals surface area contributed by atoms with Crippen LogP contribution >= 0.6 is 25.3 Å². The van der Waals surface area contributed by atoms with Crippen LogP contribution in [0.25, 0.3) is 69.8 Å². The van der Waals surface area contributed by atoms with E-state index in [4.69, 9.17) is 14.2 Å². The van der Waals surface area contributed by atoms with Crippen molar-refractivity contribution in [2.45, 2.75) is 12.8 Å². The predicted octanol–water partition coefficient (Wildman–Crippen LogP) is 17.1. The van der Waals surface area contributed by atoms with E-state index in [1.807, 2.05) is 109 Å². The maximum absolute atomic E-state index is 11.5. The van der Waals surface area contributed by atoms with Crippen LogP contribution in [0.4, 0.5) is 0 Å². The maximum atomic E-state index is 11.5. The minimum Gasteiger partial charge on any atom is -0.427 e. The van der Waals surface area contributed by atoms with Gasteiger partial charge in [0, 0.05) is 93.1 Å². The van der Waals surface area contributed by atoms with Gasteiger partial charge in [0.05, 0.1) is 12.8 Å². The molecule has 0 unspecified atom stereocenters. The number of hydrogen-bond donors (Lipinski definition) is 2. The maximum Gasteiger partial charge on any atom is 0.335 e. The first-order valence-corrected chi connectivity index (χ1v) is 26.3. The Morgan fingerprint density at radius 1 is 0.316 bits per heavy atom. The van der Waals surface area contributed by atoms with E-state index < -0.39 is 5.97 Å². The number of carbonyl (C=O) groups excluding carboxylic acids is 3. The molecule has 0 spiro atoms. The van der Waals surface area contributed by atoms with E-state index >= 15 is 0 Å². The molecule has 6 nitrogen and oxygen atoms in total. The first-order valence-electron chi connectivity index (χ1n) is 25.0. The number of ether oxygens (including phenoxy) is 3. The second-order valence-electron chi connectivity index (χ2n) is 17.2. The first kappa shape index (κ1) is 63.4. The summed E-state index contributed by atoms with van der Waals surface area (Å²) in [5, 5.41) is 0. The summed E-state index contributed by atoms with van der Waals surface area (Å²) in [6.07, 6.45) is 14.1. The van der Waals surface area contributed by atoms with E-state index in [1.165, 1.54) is 33.4 Å². The van der Waals surface area contributed by atoms with Crippen molar-refractivity contribution in [2.24, 2.45) is 0 Å². The zero-order chi connectivity index (χ0) is 53.9. The van der Waals surface area contributed by atoms with Crippen molar-refractivity contribution in [1.82, 2.24) is 0 Å². The summed E-state index contributed by atoms with van der Waals surface area (Å²) in [6.45, 7) is 3.38. The number of thiol groups is 2. The van der Waals surface area contributed by atoms with Gasteiger partial charge in [-0.05, 0) is 103 Å². The molecule has 0 amide bonds. The van der Waals surface area contributed by atoms with Gasteiger partial charge in [0.15, 0.2) is 0 Å². The molecule has 10 heteroatoms. The molecule has 9 rings (SSSR count). The molecule has 0 bridgehead atoms. The Labute approximate surface area is 535 Å². The van der Waals surface area contributed by atoms with Crippen molar-refractivity contribution in [3.05, 3.63) is 283 Å². The van der Waals surface area contributed by atoms with Gasteiger partial charge in [0.25, 0.3) is 0 Å². The predicted molar refractivity (Wildman–Crippen MR) is 326 cm³/mol. The van der Waals surface area contributed by atoms with Gasteiger partial charge in [-0.1, -0.05) is 243 Å². The third-order valence-electron chi connectivity index (χ3n) is 11.6. The molecule has 398 valence electrons. The van der Waals surface area contributed by atoms with Gasteiger partial charge in [-0.2, -0.15) is 25.3 Å². The Balaban J connectivity index is 0.000000215. The van der Waals surface area contributed by atoms with Gasteiger partial charge in [0.1, 0.15) is 17.2 Å². The Hall–Kier alpha value is -6.43. The van der Waals surface area contributed by atoms with Crippen molar-refractivity contribution in [1.29, 1.82) is 0 Å². The van der Waals surface area contributed by atoms with Crippen LogP contribution in [0.2, 0.25) is 0 Å². The second kappa shape index (κ2) is 35.2. The zero-order valence-corrected chi connectivity index (χ0v) is 46.3. The third kappa shape index (κ3) is 22.3. The van der Waals surface area contributed by atoms with E-state index in [9.17, 15) is 14.4 Å². The van der Waals surface area contributed by atoms with Gasteiger partial charge in [0.2, 0.25) is 0 Å². The number of esters is 3. The molecule has 0 N–H and O–H groups in total. The summed E-state index contributed by atoms with van der Waals surface area (Å²) >= 11 is 8.04. The summed E-state index contributed by atoms with van der Waals surface area (Å²) in [4.78, 5) is 34.1. The van der Waals surface area contributed by atoms with Crippen LogP contribution in [0.1, 0.15) is 46.2 Å². The molecular formula is C69H58Ar2O6S2. The quantitative estimate of drug-likeness (QED) is 0.0311. The number of hydrogen-bond acceptors (Lipinski definition) is 8. The summed E-state index contributed by atoms with van der Waals surface area (Å²) in [5.74, 6) is 1.62. The Morgan fingerprint density at radius 3 is 0.759 bits per heavy atom. The van der Waals surface area contributed by atoms with Gasteiger partial charge in [-0.3, -0.25) is 9.59 Å². The molecule has 0 atom stereocenters. The zero-order valence-electron chi connectivity index (χ0n) is 43.1. The SMILES string of the molecule is C=CC(=O)Oc1ccc(/C=C\c2ccc(-c3ccccc3)cc2)cc1.O=C(CCS)Oc1ccc(/C=C/c2ccc(-c3ccccc3)cc2)cc1.O=C(CCS)Oc1ccc(/C=C\c2ccc(-c3ccccc3)cc2)cc1.[Ar].[Ar]. The number of rotatable bonds is 17. The molecule has 0 fully saturated rings. The summed E-state index contributed by atoms with van der Waals surface area (Å²) in [7, 11) is 0. The molecule has 0 heterocycles. The molecule has 0 aliphatic rings. The van der Waals surface area contributed by atoms with Crippen LogP contribution in [-0.4, -0.2) is 29.4 Å². The average molecular weight is 1130 g/mol. The van der Waals surface area contributed by atoms with Gasteiger partial charge in [-0.25, -0.2) is 4.79 Å². The van der Waals surface area contributed by atoms with Crippen LogP contribution in [0, 0.1) is 75.5 Å². The van der Waals surface area contributed by atoms with Crippen molar-refractivity contribution in [3.8, 4) is 50.6 Å². The molecule has 0 radical (unpaired) electrons. The van der Waals surface area contributed by atoms with Gasteiger partial charge >= 0.3 is 17.9 Å². The smallest absolute Gasteiger partial charge is 0.335 e. The first-order chi connectivity index (χ1) is 37.7. The number of carbonyl (C=O) groups is 3. The van der Waals surface area contributed by atoms with E-state index in [-0.39, 0.29) is 87.4 Å². The average Bonchev–Trinajstić information content (AvgIpc) is 3.48. The van der Waals surface area contributed by atoms with Crippen molar-refractivity contribution in [3.63, 3.8) is 0 Å². The van der Waals surface area contributed by atoms with Crippen molar-refractivity contribution in [2.75, 3.05) is 11.5 Å². The van der Waals surface area contributed by atoms with E-state index in [0.717, 1.165) is 39.5 Å². The largest absolute Gasteiger partial charge is 0.427 e. The van der Waals surface area contributed by atoms with E-state index in [1.54, 1.807) is 36.4 Å². The Morgan fingerprint density at radius 2 is 0.532 bits per heavy atom. The molecule has 0 saturated carbocycles. The molecule has 0 saturated heterocycles. The fourth-order valence-corrected chi connectivity index (χ4v) is 7.84. The molecule has 0 aliphatic carbocycles. The topological polar surface area (TPSA) is 78.9 Å². The second-order valence-corrected chi connectivity index (χ2v) is 18.1. The molecular weight excluding hydrogens is 1070 g/mol. The van der Waals surface area contributed by atoms with Crippen LogP contribution in [0.3, 0.4) is 0 Å². The fraction of sp³-hybridized carbons (Fsp3) is 0.0580. The van der Waals surface area contributed by atoms with Crippen LogP contribution in [-0.2, 0) is 14.4 Å². The van der Waals surface area contributed by atoms with Crippen LogP contribution < -0.4 is 14.2 Å². The molecule has 0 aromatic heterocycles. The Bertz CT molecular complexity index is 3200. The summed E-state index contributed by atoms with van der Waals surface area (Å²) < 4.78 is 15.5. The summed E-state index contributed by atoms with van der Waals surface area (Å²) in [5.41, 5.74) is 13.8. The van der Waals surface area contributed by atoms with Crippen LogP contribution in [0.5, 0.6) is 17.2 Å². The molecule has 9 aromatic carbocycles. The molecule has 9 aromatic rings. The number of benzene rings is 9. The molecule has 0 aliphatic heterocycles. The van der Waals surface area contributed by atoms with E-state index in [0.29, 0.717) is 41.6 Å². The summed E-state index contributed by atoms with van der Waals surface area (Å²) in [6, 6.07) is 78.5. The van der Waals surface area contributed by atoms with Gasteiger partial charge < -0.3 is 14.2 Å².